The molecule has 0 atom stereocenters. The SMILES string of the molecule is COC(=O)C=Cc1cnc(NCC(=O)N(C)Cc2ccc(Cl)cc2)cn1. The Labute approximate surface area is 156 Å². The number of rotatable bonds is 7. The van der Waals surface area contributed by atoms with E-state index in [1.807, 2.05) is 12.1 Å². The van der Waals surface area contributed by atoms with Crippen LogP contribution < -0.4 is 5.32 Å². The second-order valence-electron chi connectivity index (χ2n) is 5.41. The zero-order chi connectivity index (χ0) is 18.9. The van der Waals surface area contributed by atoms with Gasteiger partial charge in [0.1, 0.15) is 5.82 Å². The van der Waals surface area contributed by atoms with Crippen LogP contribution in [-0.4, -0.2) is 47.4 Å². The first-order valence-corrected chi connectivity index (χ1v) is 8.16. The highest BCUT2D eigenvalue weighted by Gasteiger charge is 2.09. The van der Waals surface area contributed by atoms with E-state index in [1.54, 1.807) is 24.1 Å². The second kappa shape index (κ2) is 9.53. The molecule has 0 aliphatic heterocycles. The molecule has 2 aromatic rings. The molecular formula is C18H19ClN4O3. The van der Waals surface area contributed by atoms with Gasteiger partial charge in [0.15, 0.2) is 0 Å². The van der Waals surface area contributed by atoms with Crippen molar-refractivity contribution in [2.75, 3.05) is 26.0 Å². The number of halogens is 1. The van der Waals surface area contributed by atoms with Crippen molar-refractivity contribution in [1.29, 1.82) is 0 Å². The fourth-order valence-electron chi connectivity index (χ4n) is 1.99. The molecular weight excluding hydrogens is 356 g/mol. The predicted molar refractivity (Wildman–Crippen MR) is 99.5 cm³/mol. The van der Waals surface area contributed by atoms with E-state index in [4.69, 9.17) is 11.6 Å². The number of hydrogen-bond acceptors (Lipinski definition) is 6. The van der Waals surface area contributed by atoms with Gasteiger partial charge < -0.3 is 15.0 Å². The normalized spacial score (nSPS) is 10.6. The third-order valence-electron chi connectivity index (χ3n) is 3.44. The van der Waals surface area contributed by atoms with Crippen LogP contribution in [0.1, 0.15) is 11.3 Å². The van der Waals surface area contributed by atoms with Gasteiger partial charge in [-0.2, -0.15) is 0 Å². The molecule has 0 saturated carbocycles. The van der Waals surface area contributed by atoms with Crippen LogP contribution >= 0.6 is 11.6 Å². The summed E-state index contributed by atoms with van der Waals surface area (Å²) in [7, 11) is 3.03. The Kier molecular flexibility index (Phi) is 7.11. The zero-order valence-electron chi connectivity index (χ0n) is 14.5. The maximum atomic E-state index is 12.2. The average molecular weight is 375 g/mol. The van der Waals surface area contributed by atoms with E-state index in [1.165, 1.54) is 31.7 Å². The van der Waals surface area contributed by atoms with Gasteiger partial charge in [-0.3, -0.25) is 9.78 Å². The van der Waals surface area contributed by atoms with Crippen molar-refractivity contribution in [3.05, 3.63) is 59.0 Å². The summed E-state index contributed by atoms with van der Waals surface area (Å²) in [5.74, 6) is -0.0896. The summed E-state index contributed by atoms with van der Waals surface area (Å²) in [6.07, 6.45) is 5.73. The fraction of sp³-hybridized carbons (Fsp3) is 0.222. The molecule has 1 amide bonds. The summed E-state index contributed by atoms with van der Waals surface area (Å²) in [5, 5.41) is 3.58. The Hall–Kier alpha value is -2.93. The highest BCUT2D eigenvalue weighted by Crippen LogP contribution is 2.11. The molecule has 0 unspecified atom stereocenters. The minimum Gasteiger partial charge on any atom is -0.466 e. The number of ether oxygens (including phenoxy) is 1. The molecule has 1 aromatic carbocycles. The third-order valence-corrected chi connectivity index (χ3v) is 3.69. The van der Waals surface area contributed by atoms with Crippen molar-refractivity contribution < 1.29 is 14.3 Å². The van der Waals surface area contributed by atoms with Gasteiger partial charge >= 0.3 is 5.97 Å². The van der Waals surface area contributed by atoms with Gasteiger partial charge in [-0.05, 0) is 23.8 Å². The Balaban J connectivity index is 1.83. The second-order valence-corrected chi connectivity index (χ2v) is 5.85. The number of nitrogens with one attached hydrogen (secondary N) is 1. The van der Waals surface area contributed by atoms with E-state index in [0.717, 1.165) is 5.56 Å². The van der Waals surface area contributed by atoms with Crippen molar-refractivity contribution in [1.82, 2.24) is 14.9 Å². The van der Waals surface area contributed by atoms with Crippen LogP contribution in [-0.2, 0) is 20.9 Å². The molecule has 1 heterocycles. The number of anilines is 1. The molecule has 0 spiro atoms. The number of carbonyl (C=O) groups is 2. The summed E-state index contributed by atoms with van der Waals surface area (Å²) < 4.78 is 4.50. The lowest BCUT2D eigenvalue weighted by Crippen LogP contribution is -2.31. The molecule has 1 aromatic heterocycles. The zero-order valence-corrected chi connectivity index (χ0v) is 15.2. The van der Waals surface area contributed by atoms with Gasteiger partial charge in [0, 0.05) is 24.7 Å². The van der Waals surface area contributed by atoms with Crippen LogP contribution in [0.5, 0.6) is 0 Å². The number of hydrogen-bond donors (Lipinski definition) is 1. The molecule has 0 aliphatic carbocycles. The van der Waals surface area contributed by atoms with Crippen molar-refractivity contribution >= 4 is 35.4 Å². The summed E-state index contributed by atoms with van der Waals surface area (Å²) in [6.45, 7) is 0.580. The smallest absolute Gasteiger partial charge is 0.330 e. The fourth-order valence-corrected chi connectivity index (χ4v) is 2.12. The first-order chi connectivity index (χ1) is 12.5. The van der Waals surface area contributed by atoms with Gasteiger partial charge in [-0.25, -0.2) is 9.78 Å². The number of nitrogens with zero attached hydrogens (tertiary/aromatic N) is 3. The Bertz CT molecular complexity index is 776. The molecule has 2 rings (SSSR count). The van der Waals surface area contributed by atoms with Gasteiger partial charge in [-0.1, -0.05) is 23.7 Å². The van der Waals surface area contributed by atoms with E-state index in [-0.39, 0.29) is 12.5 Å². The molecule has 0 radical (unpaired) electrons. The molecule has 0 bridgehead atoms. The molecule has 7 nitrogen and oxygen atoms in total. The van der Waals surface area contributed by atoms with Crippen molar-refractivity contribution in [3.63, 3.8) is 0 Å². The lowest BCUT2D eigenvalue weighted by atomic mass is 10.2. The topological polar surface area (TPSA) is 84.4 Å². The number of methoxy groups -OCH3 is 1. The van der Waals surface area contributed by atoms with Crippen LogP contribution in [0, 0.1) is 0 Å². The average Bonchev–Trinajstić information content (AvgIpc) is 2.66. The minimum atomic E-state index is -0.469. The van der Waals surface area contributed by atoms with Crippen molar-refractivity contribution in [2.24, 2.45) is 0 Å². The van der Waals surface area contributed by atoms with Crippen molar-refractivity contribution in [3.8, 4) is 0 Å². The van der Waals surface area contributed by atoms with Crippen LogP contribution in [0.2, 0.25) is 5.02 Å². The molecule has 0 fully saturated rings. The van der Waals surface area contributed by atoms with E-state index in [0.29, 0.717) is 23.1 Å². The Morgan fingerprint density at radius 3 is 2.58 bits per heavy atom. The van der Waals surface area contributed by atoms with E-state index >= 15 is 0 Å². The standard InChI is InChI=1S/C18H19ClN4O3/c1-23(12-13-3-5-14(19)6-4-13)17(24)11-22-16-10-20-15(9-21-16)7-8-18(25)26-2/h3-10H,11-12H2,1-2H3,(H,21,22). The lowest BCUT2D eigenvalue weighted by molar-refractivity contribution is -0.134. The number of likely N-dealkylation sites (N-methyl/N-ethyl adjacent to an activating group) is 1. The minimum absolute atomic E-state index is 0.0867. The summed E-state index contributed by atoms with van der Waals surface area (Å²) in [4.78, 5) is 33.1. The maximum Gasteiger partial charge on any atom is 0.330 e. The molecule has 1 N–H and O–H groups in total. The molecule has 136 valence electrons. The van der Waals surface area contributed by atoms with Gasteiger partial charge in [0.2, 0.25) is 5.91 Å². The molecule has 8 heteroatoms. The van der Waals surface area contributed by atoms with Gasteiger partial charge in [0.25, 0.3) is 0 Å². The highest BCUT2D eigenvalue weighted by atomic mass is 35.5. The lowest BCUT2D eigenvalue weighted by Gasteiger charge is -2.17. The largest absolute Gasteiger partial charge is 0.466 e. The quantitative estimate of drug-likeness (QED) is 0.591. The summed E-state index contributed by atoms with van der Waals surface area (Å²) in [6, 6.07) is 7.34. The van der Waals surface area contributed by atoms with E-state index in [2.05, 4.69) is 20.0 Å². The van der Waals surface area contributed by atoms with Crippen molar-refractivity contribution in [2.45, 2.75) is 6.54 Å². The van der Waals surface area contributed by atoms with Crippen LogP contribution in [0.15, 0.2) is 42.7 Å². The van der Waals surface area contributed by atoms with Gasteiger partial charge in [0.05, 0.1) is 31.7 Å². The number of esters is 1. The molecule has 0 aliphatic rings. The predicted octanol–water partition coefficient (Wildman–Crippen LogP) is 2.39. The maximum absolute atomic E-state index is 12.2. The third kappa shape index (κ3) is 6.18. The Morgan fingerprint density at radius 2 is 1.96 bits per heavy atom. The molecule has 0 saturated heterocycles. The van der Waals surface area contributed by atoms with E-state index < -0.39 is 5.97 Å². The van der Waals surface area contributed by atoms with Crippen LogP contribution in [0.25, 0.3) is 6.08 Å². The van der Waals surface area contributed by atoms with Crippen LogP contribution in [0.4, 0.5) is 5.82 Å². The summed E-state index contributed by atoms with van der Waals surface area (Å²) in [5.41, 5.74) is 1.50. The Morgan fingerprint density at radius 1 is 1.23 bits per heavy atom. The summed E-state index contributed by atoms with van der Waals surface area (Å²) >= 11 is 5.85. The first kappa shape index (κ1) is 19.4. The number of benzene rings is 1. The highest BCUT2D eigenvalue weighted by molar-refractivity contribution is 6.30. The number of aromatic nitrogens is 2. The monoisotopic (exact) mass is 374 g/mol. The van der Waals surface area contributed by atoms with Gasteiger partial charge in [-0.15, -0.1) is 0 Å². The van der Waals surface area contributed by atoms with E-state index in [9.17, 15) is 9.59 Å². The van der Waals surface area contributed by atoms with Crippen LogP contribution in [0.3, 0.4) is 0 Å². The number of carbonyl (C=O) groups excluding carboxylic acids is 2. The number of amides is 1. The molecule has 26 heavy (non-hydrogen) atoms. The first-order valence-electron chi connectivity index (χ1n) is 7.78.